The average molecular weight is 268 g/mol. The second kappa shape index (κ2) is 5.84. The summed E-state index contributed by atoms with van der Waals surface area (Å²) in [7, 11) is 0. The van der Waals surface area contributed by atoms with Crippen molar-refractivity contribution in [2.45, 2.75) is 0 Å². The lowest BCUT2D eigenvalue weighted by molar-refractivity contribution is 0.103. The van der Waals surface area contributed by atoms with Crippen LogP contribution in [0.25, 0.3) is 0 Å². The summed E-state index contributed by atoms with van der Waals surface area (Å²) in [4.78, 5) is 18.8. The summed E-state index contributed by atoms with van der Waals surface area (Å²) in [6, 6.07) is 13.0. The predicted molar refractivity (Wildman–Crippen MR) is 77.1 cm³/mol. The van der Waals surface area contributed by atoms with Gasteiger partial charge in [0.1, 0.15) is 5.69 Å². The molecule has 102 valence electrons. The molecule has 0 N–H and O–H groups in total. The quantitative estimate of drug-likeness (QED) is 0.800. The molecule has 0 bridgehead atoms. The van der Waals surface area contributed by atoms with Crippen LogP contribution >= 0.6 is 0 Å². The Hall–Kier alpha value is -2.20. The molecule has 20 heavy (non-hydrogen) atoms. The maximum absolute atomic E-state index is 12.4. The van der Waals surface area contributed by atoms with E-state index in [4.69, 9.17) is 4.74 Å². The fourth-order valence-corrected chi connectivity index (χ4v) is 2.30. The Labute approximate surface area is 118 Å². The van der Waals surface area contributed by atoms with Crippen molar-refractivity contribution < 1.29 is 9.53 Å². The number of benzene rings is 1. The van der Waals surface area contributed by atoms with Gasteiger partial charge in [-0.2, -0.15) is 0 Å². The first kappa shape index (κ1) is 12.8. The SMILES string of the molecule is O=C(c1ccccc1)c1cc(N2CCOCC2)ccn1. The van der Waals surface area contributed by atoms with Crippen molar-refractivity contribution in [2.75, 3.05) is 31.2 Å². The highest BCUT2D eigenvalue weighted by molar-refractivity contribution is 6.08. The van der Waals surface area contributed by atoms with Crippen molar-refractivity contribution in [3.8, 4) is 0 Å². The molecule has 0 unspecified atom stereocenters. The third-order valence-electron chi connectivity index (χ3n) is 3.39. The molecule has 0 spiro atoms. The highest BCUT2D eigenvalue weighted by Gasteiger charge is 2.15. The number of aromatic nitrogens is 1. The van der Waals surface area contributed by atoms with Crippen LogP contribution in [0.5, 0.6) is 0 Å². The van der Waals surface area contributed by atoms with Gasteiger partial charge in [-0.1, -0.05) is 30.3 Å². The minimum absolute atomic E-state index is 0.0410. The molecule has 4 nitrogen and oxygen atoms in total. The van der Waals surface area contributed by atoms with E-state index in [-0.39, 0.29) is 5.78 Å². The van der Waals surface area contributed by atoms with E-state index < -0.39 is 0 Å². The minimum Gasteiger partial charge on any atom is -0.378 e. The fraction of sp³-hybridized carbons (Fsp3) is 0.250. The number of pyridine rings is 1. The van der Waals surface area contributed by atoms with E-state index in [0.29, 0.717) is 11.3 Å². The standard InChI is InChI=1S/C16H16N2O2/c19-16(13-4-2-1-3-5-13)15-12-14(6-7-17-15)18-8-10-20-11-9-18/h1-7,12H,8-11H2. The molecular weight excluding hydrogens is 252 g/mol. The molecule has 0 aliphatic carbocycles. The number of carbonyl (C=O) groups excluding carboxylic acids is 1. The Morgan fingerprint density at radius 1 is 1.10 bits per heavy atom. The molecule has 0 amide bonds. The van der Waals surface area contributed by atoms with Crippen LogP contribution in [0.1, 0.15) is 16.1 Å². The topological polar surface area (TPSA) is 42.4 Å². The molecule has 1 aromatic carbocycles. The number of carbonyl (C=O) groups is 1. The third kappa shape index (κ3) is 2.70. The maximum atomic E-state index is 12.4. The van der Waals surface area contributed by atoms with E-state index in [0.717, 1.165) is 32.0 Å². The number of hydrogen-bond acceptors (Lipinski definition) is 4. The summed E-state index contributed by atoms with van der Waals surface area (Å²) in [5.74, 6) is -0.0410. The molecule has 1 aliphatic rings. The lowest BCUT2D eigenvalue weighted by atomic mass is 10.1. The molecule has 1 fully saturated rings. The number of anilines is 1. The Bertz CT molecular complexity index is 592. The molecule has 2 heterocycles. The predicted octanol–water partition coefficient (Wildman–Crippen LogP) is 2.15. The van der Waals surface area contributed by atoms with Crippen LogP contribution in [0, 0.1) is 0 Å². The number of morpholine rings is 1. The van der Waals surface area contributed by atoms with E-state index in [1.54, 1.807) is 6.20 Å². The summed E-state index contributed by atoms with van der Waals surface area (Å²) in [6.07, 6.45) is 1.70. The van der Waals surface area contributed by atoms with Crippen molar-refractivity contribution >= 4 is 11.5 Å². The summed E-state index contributed by atoms with van der Waals surface area (Å²) in [5, 5.41) is 0. The van der Waals surface area contributed by atoms with Crippen LogP contribution in [0.15, 0.2) is 48.7 Å². The van der Waals surface area contributed by atoms with Crippen LogP contribution in [-0.4, -0.2) is 37.1 Å². The average Bonchev–Trinajstić information content (AvgIpc) is 2.56. The first-order valence-corrected chi connectivity index (χ1v) is 6.73. The van der Waals surface area contributed by atoms with Crippen LogP contribution in [-0.2, 0) is 4.74 Å². The van der Waals surface area contributed by atoms with Crippen molar-refractivity contribution in [3.63, 3.8) is 0 Å². The summed E-state index contributed by atoms with van der Waals surface area (Å²) >= 11 is 0. The van der Waals surface area contributed by atoms with Gasteiger partial charge in [-0.05, 0) is 12.1 Å². The number of rotatable bonds is 3. The smallest absolute Gasteiger partial charge is 0.211 e. The Morgan fingerprint density at radius 3 is 2.60 bits per heavy atom. The Kier molecular flexibility index (Phi) is 3.74. The Morgan fingerprint density at radius 2 is 1.85 bits per heavy atom. The van der Waals surface area contributed by atoms with E-state index in [1.807, 2.05) is 42.5 Å². The molecule has 1 aromatic heterocycles. The monoisotopic (exact) mass is 268 g/mol. The first-order valence-electron chi connectivity index (χ1n) is 6.73. The zero-order valence-corrected chi connectivity index (χ0v) is 11.2. The van der Waals surface area contributed by atoms with Crippen LogP contribution in [0.2, 0.25) is 0 Å². The number of ether oxygens (including phenoxy) is 1. The van der Waals surface area contributed by atoms with Crippen molar-refractivity contribution in [1.29, 1.82) is 0 Å². The Balaban J connectivity index is 1.85. The van der Waals surface area contributed by atoms with Crippen molar-refractivity contribution in [3.05, 3.63) is 59.9 Å². The van der Waals surface area contributed by atoms with Crippen molar-refractivity contribution in [1.82, 2.24) is 4.98 Å². The van der Waals surface area contributed by atoms with E-state index in [1.165, 1.54) is 0 Å². The molecule has 1 saturated heterocycles. The number of hydrogen-bond donors (Lipinski definition) is 0. The highest BCUT2D eigenvalue weighted by atomic mass is 16.5. The van der Waals surface area contributed by atoms with Gasteiger partial charge < -0.3 is 9.64 Å². The fourth-order valence-electron chi connectivity index (χ4n) is 2.30. The molecule has 0 atom stereocenters. The molecule has 0 saturated carbocycles. The number of ketones is 1. The summed E-state index contributed by atoms with van der Waals surface area (Å²) in [5.41, 5.74) is 2.18. The van der Waals surface area contributed by atoms with Gasteiger partial charge in [0, 0.05) is 30.5 Å². The molecule has 1 aliphatic heterocycles. The van der Waals surface area contributed by atoms with Gasteiger partial charge in [-0.25, -0.2) is 0 Å². The second-order valence-corrected chi connectivity index (χ2v) is 4.69. The number of nitrogens with zero attached hydrogens (tertiary/aromatic N) is 2. The lowest BCUT2D eigenvalue weighted by Gasteiger charge is -2.28. The molecular formula is C16H16N2O2. The third-order valence-corrected chi connectivity index (χ3v) is 3.39. The first-order chi connectivity index (χ1) is 9.84. The summed E-state index contributed by atoms with van der Waals surface area (Å²) < 4.78 is 5.34. The van der Waals surface area contributed by atoms with E-state index >= 15 is 0 Å². The molecule has 0 radical (unpaired) electrons. The van der Waals surface area contributed by atoms with Crippen LogP contribution in [0.3, 0.4) is 0 Å². The maximum Gasteiger partial charge on any atom is 0.211 e. The van der Waals surface area contributed by atoms with Crippen molar-refractivity contribution in [2.24, 2.45) is 0 Å². The largest absolute Gasteiger partial charge is 0.378 e. The van der Waals surface area contributed by atoms with Crippen LogP contribution < -0.4 is 4.90 Å². The normalized spacial score (nSPS) is 15.1. The highest BCUT2D eigenvalue weighted by Crippen LogP contribution is 2.17. The van der Waals surface area contributed by atoms with Gasteiger partial charge >= 0.3 is 0 Å². The van der Waals surface area contributed by atoms with Gasteiger partial charge in [0.2, 0.25) is 5.78 Å². The summed E-state index contributed by atoms with van der Waals surface area (Å²) in [6.45, 7) is 3.15. The van der Waals surface area contributed by atoms with E-state index in [9.17, 15) is 4.79 Å². The minimum atomic E-state index is -0.0410. The van der Waals surface area contributed by atoms with Gasteiger partial charge in [0.25, 0.3) is 0 Å². The van der Waals surface area contributed by atoms with Gasteiger partial charge in [-0.3, -0.25) is 9.78 Å². The molecule has 4 heteroatoms. The molecule has 3 rings (SSSR count). The van der Waals surface area contributed by atoms with Gasteiger partial charge in [-0.15, -0.1) is 0 Å². The molecule has 2 aromatic rings. The van der Waals surface area contributed by atoms with Gasteiger partial charge in [0.05, 0.1) is 13.2 Å². The van der Waals surface area contributed by atoms with Crippen LogP contribution in [0.4, 0.5) is 5.69 Å². The van der Waals surface area contributed by atoms with E-state index in [2.05, 4.69) is 9.88 Å². The second-order valence-electron chi connectivity index (χ2n) is 4.69. The zero-order valence-electron chi connectivity index (χ0n) is 11.2. The van der Waals surface area contributed by atoms with Gasteiger partial charge in [0.15, 0.2) is 0 Å². The lowest BCUT2D eigenvalue weighted by Crippen LogP contribution is -2.36. The zero-order chi connectivity index (χ0) is 13.8.